The second kappa shape index (κ2) is 6.92. The number of hydrogen-bond donors (Lipinski definition) is 1. The topological polar surface area (TPSA) is 32.3 Å². The molecule has 4 heteroatoms. The molecule has 0 spiro atoms. The number of unbranched alkanes of at least 4 members (excludes halogenated alkanes) is 1. The Hall–Kier alpha value is -1.06. The quantitative estimate of drug-likeness (QED) is 0.869. The Bertz CT molecular complexity index is 432. The molecule has 19 heavy (non-hydrogen) atoms. The zero-order chi connectivity index (χ0) is 13.7. The fourth-order valence-electron chi connectivity index (χ4n) is 2.19. The first-order valence-corrected chi connectivity index (χ1v) is 7.35. The lowest BCUT2D eigenvalue weighted by Crippen LogP contribution is -2.54. The Balaban J connectivity index is 2.02. The van der Waals surface area contributed by atoms with Crippen LogP contribution >= 0.6 is 11.6 Å². The van der Waals surface area contributed by atoms with Gasteiger partial charge in [-0.15, -0.1) is 0 Å². The molecule has 3 nitrogen and oxygen atoms in total. The fourth-order valence-corrected chi connectivity index (χ4v) is 2.40. The maximum Gasteiger partial charge on any atom is 0.240 e. The lowest BCUT2D eigenvalue weighted by molar-refractivity contribution is -0.135. The number of rotatable bonds is 6. The summed E-state index contributed by atoms with van der Waals surface area (Å²) in [6.07, 6.45) is 3.09. The maximum absolute atomic E-state index is 12.4. The number of amides is 1. The highest BCUT2D eigenvalue weighted by Crippen LogP contribution is 2.15. The van der Waals surface area contributed by atoms with Crippen molar-refractivity contribution in [3.05, 3.63) is 34.9 Å². The number of carbonyl (C=O) groups is 1. The summed E-state index contributed by atoms with van der Waals surface area (Å²) in [5.41, 5.74) is 1.09. The fraction of sp³-hybridized carbons (Fsp3) is 0.533. The molecular formula is C15H21ClN2O. The zero-order valence-corrected chi connectivity index (χ0v) is 12.1. The minimum absolute atomic E-state index is 0.0241. The molecule has 1 aromatic rings. The monoisotopic (exact) mass is 280 g/mol. The van der Waals surface area contributed by atoms with Gasteiger partial charge in [0.15, 0.2) is 0 Å². The van der Waals surface area contributed by atoms with E-state index < -0.39 is 0 Å². The van der Waals surface area contributed by atoms with E-state index in [1.165, 1.54) is 0 Å². The van der Waals surface area contributed by atoms with E-state index in [0.717, 1.165) is 42.9 Å². The van der Waals surface area contributed by atoms with Gasteiger partial charge >= 0.3 is 0 Å². The highest BCUT2D eigenvalue weighted by atomic mass is 35.5. The van der Waals surface area contributed by atoms with Gasteiger partial charge in [0.2, 0.25) is 5.91 Å². The largest absolute Gasteiger partial charge is 0.337 e. The van der Waals surface area contributed by atoms with Crippen molar-refractivity contribution in [2.24, 2.45) is 0 Å². The number of benzene rings is 1. The molecule has 0 saturated carbocycles. The number of nitrogens with zero attached hydrogens (tertiary/aromatic N) is 1. The average molecular weight is 281 g/mol. The molecule has 1 atom stereocenters. The van der Waals surface area contributed by atoms with Crippen LogP contribution < -0.4 is 5.32 Å². The molecule has 1 saturated heterocycles. The van der Waals surface area contributed by atoms with Crippen LogP contribution in [-0.4, -0.2) is 29.9 Å². The Morgan fingerprint density at radius 1 is 1.53 bits per heavy atom. The van der Waals surface area contributed by atoms with Crippen molar-refractivity contribution in [1.82, 2.24) is 10.2 Å². The van der Waals surface area contributed by atoms with Gasteiger partial charge in [-0.25, -0.2) is 0 Å². The summed E-state index contributed by atoms with van der Waals surface area (Å²) in [5.74, 6) is 0.222. The van der Waals surface area contributed by atoms with Gasteiger partial charge in [-0.1, -0.05) is 37.1 Å². The summed E-state index contributed by atoms with van der Waals surface area (Å²) in [6, 6.07) is 7.77. The van der Waals surface area contributed by atoms with E-state index in [0.29, 0.717) is 6.54 Å². The van der Waals surface area contributed by atoms with Crippen molar-refractivity contribution in [3.63, 3.8) is 0 Å². The number of hydrogen-bond acceptors (Lipinski definition) is 2. The molecule has 0 radical (unpaired) electrons. The highest BCUT2D eigenvalue weighted by molar-refractivity contribution is 6.30. The Morgan fingerprint density at radius 2 is 2.32 bits per heavy atom. The molecule has 1 aliphatic heterocycles. The second-order valence-electron chi connectivity index (χ2n) is 5.04. The first-order valence-electron chi connectivity index (χ1n) is 6.97. The summed E-state index contributed by atoms with van der Waals surface area (Å²) in [4.78, 5) is 14.3. The van der Waals surface area contributed by atoms with E-state index in [9.17, 15) is 4.79 Å². The molecule has 1 heterocycles. The summed E-state index contributed by atoms with van der Waals surface area (Å²) in [6.45, 7) is 4.57. The predicted octanol–water partition coefficient (Wildman–Crippen LogP) is 2.83. The Labute approximate surface area is 119 Å². The van der Waals surface area contributed by atoms with Gasteiger partial charge in [0.1, 0.15) is 0 Å². The van der Waals surface area contributed by atoms with Crippen molar-refractivity contribution >= 4 is 17.5 Å². The van der Waals surface area contributed by atoms with E-state index in [4.69, 9.17) is 11.6 Å². The molecule has 0 aromatic heterocycles. The SMILES string of the molecule is CCCCN(Cc1cccc(Cl)c1)C(=O)C1CCN1. The lowest BCUT2D eigenvalue weighted by atomic mass is 10.1. The number of nitrogens with one attached hydrogen (secondary N) is 1. The molecule has 1 N–H and O–H groups in total. The zero-order valence-electron chi connectivity index (χ0n) is 11.4. The standard InChI is InChI=1S/C15H21ClN2O/c1-2-3-9-18(15(19)14-7-8-17-14)11-12-5-4-6-13(16)10-12/h4-6,10,14,17H,2-3,7-9,11H2,1H3. The summed E-state index contributed by atoms with van der Waals surface area (Å²) in [7, 11) is 0. The second-order valence-corrected chi connectivity index (χ2v) is 5.48. The van der Waals surface area contributed by atoms with Crippen LogP contribution in [0.2, 0.25) is 5.02 Å². The van der Waals surface area contributed by atoms with E-state index in [1.54, 1.807) is 0 Å². The van der Waals surface area contributed by atoms with E-state index in [1.807, 2.05) is 29.2 Å². The van der Waals surface area contributed by atoms with Gasteiger partial charge in [-0.3, -0.25) is 4.79 Å². The summed E-state index contributed by atoms with van der Waals surface area (Å²) in [5, 5.41) is 3.91. The van der Waals surface area contributed by atoms with E-state index in [2.05, 4.69) is 12.2 Å². The average Bonchev–Trinajstić information content (AvgIpc) is 2.32. The van der Waals surface area contributed by atoms with Crippen molar-refractivity contribution in [2.45, 2.75) is 38.8 Å². The molecule has 1 amide bonds. The van der Waals surface area contributed by atoms with Gasteiger partial charge in [0.25, 0.3) is 0 Å². The van der Waals surface area contributed by atoms with E-state index >= 15 is 0 Å². The Morgan fingerprint density at radius 3 is 2.89 bits per heavy atom. The van der Waals surface area contributed by atoms with Crippen molar-refractivity contribution in [3.8, 4) is 0 Å². The molecule has 0 bridgehead atoms. The van der Waals surface area contributed by atoms with Crippen LogP contribution in [-0.2, 0) is 11.3 Å². The molecule has 1 unspecified atom stereocenters. The van der Waals surface area contributed by atoms with Gasteiger partial charge in [0.05, 0.1) is 6.04 Å². The van der Waals surface area contributed by atoms with Gasteiger partial charge in [-0.05, 0) is 37.1 Å². The maximum atomic E-state index is 12.4. The number of carbonyl (C=O) groups excluding carboxylic acids is 1. The molecule has 2 rings (SSSR count). The molecule has 0 aliphatic carbocycles. The van der Waals surface area contributed by atoms with Crippen LogP contribution in [0.15, 0.2) is 24.3 Å². The number of halogens is 1. The smallest absolute Gasteiger partial charge is 0.240 e. The van der Waals surface area contributed by atoms with Crippen molar-refractivity contribution in [2.75, 3.05) is 13.1 Å². The van der Waals surface area contributed by atoms with Crippen LogP contribution in [0.4, 0.5) is 0 Å². The molecule has 1 fully saturated rings. The summed E-state index contributed by atoms with van der Waals surface area (Å²) >= 11 is 6.00. The lowest BCUT2D eigenvalue weighted by Gasteiger charge is -2.33. The first-order chi connectivity index (χ1) is 9.20. The molecule has 1 aliphatic rings. The first kappa shape index (κ1) is 14.4. The van der Waals surface area contributed by atoms with Crippen LogP contribution in [0.5, 0.6) is 0 Å². The van der Waals surface area contributed by atoms with Crippen molar-refractivity contribution < 1.29 is 4.79 Å². The molecule has 1 aromatic carbocycles. The predicted molar refractivity (Wildman–Crippen MR) is 78.2 cm³/mol. The van der Waals surface area contributed by atoms with Gasteiger partial charge < -0.3 is 10.2 Å². The van der Waals surface area contributed by atoms with Crippen molar-refractivity contribution in [1.29, 1.82) is 0 Å². The van der Waals surface area contributed by atoms with Gasteiger partial charge in [-0.2, -0.15) is 0 Å². The van der Waals surface area contributed by atoms with Gasteiger partial charge in [0, 0.05) is 18.1 Å². The third-order valence-electron chi connectivity index (χ3n) is 3.48. The van der Waals surface area contributed by atoms with E-state index in [-0.39, 0.29) is 11.9 Å². The normalized spacial score (nSPS) is 17.9. The highest BCUT2D eigenvalue weighted by Gasteiger charge is 2.28. The minimum atomic E-state index is 0.0241. The van der Waals surface area contributed by atoms with Crippen LogP contribution in [0.3, 0.4) is 0 Å². The third-order valence-corrected chi connectivity index (χ3v) is 3.71. The molecule has 104 valence electrons. The summed E-state index contributed by atoms with van der Waals surface area (Å²) < 4.78 is 0. The Kier molecular flexibility index (Phi) is 5.23. The molecular weight excluding hydrogens is 260 g/mol. The minimum Gasteiger partial charge on any atom is -0.337 e. The van der Waals surface area contributed by atoms with Crippen LogP contribution in [0.1, 0.15) is 31.7 Å². The van der Waals surface area contributed by atoms with Crippen LogP contribution in [0, 0.1) is 0 Å². The third kappa shape index (κ3) is 3.95. The van der Waals surface area contributed by atoms with Crippen LogP contribution in [0.25, 0.3) is 0 Å².